The van der Waals surface area contributed by atoms with Gasteiger partial charge in [-0.15, -0.1) is 11.3 Å². The van der Waals surface area contributed by atoms with Crippen LogP contribution in [-0.4, -0.2) is 42.5 Å². The summed E-state index contributed by atoms with van der Waals surface area (Å²) in [4.78, 5) is 16.6. The van der Waals surface area contributed by atoms with E-state index in [1.165, 1.54) is 35.2 Å². The van der Waals surface area contributed by atoms with E-state index in [1.54, 1.807) is 17.5 Å². The van der Waals surface area contributed by atoms with Gasteiger partial charge in [-0.25, -0.2) is 9.37 Å². The number of carbonyl (C=O) groups excluding carboxylic acids is 1. The summed E-state index contributed by atoms with van der Waals surface area (Å²) in [6.45, 7) is 0.885. The van der Waals surface area contributed by atoms with Gasteiger partial charge in [0, 0.05) is 18.1 Å². The number of aromatic nitrogens is 1. The minimum absolute atomic E-state index is 0.214. The molecule has 5 nitrogen and oxygen atoms in total. The van der Waals surface area contributed by atoms with Gasteiger partial charge >= 0.3 is 0 Å². The Morgan fingerprint density at radius 3 is 3.17 bits per heavy atom. The third-order valence-corrected chi connectivity index (χ3v) is 5.46. The first-order valence-electron chi connectivity index (χ1n) is 7.46. The van der Waals surface area contributed by atoms with E-state index in [0.717, 1.165) is 4.34 Å². The van der Waals surface area contributed by atoms with Crippen molar-refractivity contribution in [1.82, 2.24) is 10.3 Å². The van der Waals surface area contributed by atoms with Crippen LogP contribution in [0.5, 0.6) is 5.75 Å². The quantitative estimate of drug-likeness (QED) is 0.822. The van der Waals surface area contributed by atoms with E-state index in [9.17, 15) is 9.18 Å². The van der Waals surface area contributed by atoms with Crippen LogP contribution in [0.25, 0.3) is 0 Å². The maximum Gasteiger partial charge on any atom is 0.271 e. The van der Waals surface area contributed by atoms with Crippen molar-refractivity contribution < 1.29 is 18.7 Å². The van der Waals surface area contributed by atoms with Crippen molar-refractivity contribution in [3.8, 4) is 5.75 Å². The van der Waals surface area contributed by atoms with Gasteiger partial charge < -0.3 is 14.8 Å². The van der Waals surface area contributed by atoms with Gasteiger partial charge in [0.05, 0.1) is 12.6 Å². The van der Waals surface area contributed by atoms with Gasteiger partial charge in [0.25, 0.3) is 5.91 Å². The molecule has 2 unspecified atom stereocenters. The average molecular weight is 368 g/mol. The molecule has 0 aliphatic carbocycles. The Balaban J connectivity index is 1.66. The molecule has 1 N–H and O–H groups in total. The zero-order valence-electron chi connectivity index (χ0n) is 13.0. The molecule has 2 aromatic rings. The Kier molecular flexibility index (Phi) is 5.70. The van der Waals surface area contributed by atoms with E-state index in [2.05, 4.69) is 10.3 Å². The lowest BCUT2D eigenvalue weighted by atomic mass is 10.1. The molecule has 1 amide bonds. The summed E-state index contributed by atoms with van der Waals surface area (Å²) in [5.41, 5.74) is 0.403. The maximum absolute atomic E-state index is 13.3. The minimum Gasteiger partial charge on any atom is -0.486 e. The Morgan fingerprint density at radius 2 is 2.42 bits per heavy atom. The molecule has 0 saturated carbocycles. The number of halogens is 1. The Labute approximate surface area is 147 Å². The van der Waals surface area contributed by atoms with Crippen LogP contribution in [0, 0.1) is 5.82 Å². The second-order valence-electron chi connectivity index (χ2n) is 5.26. The molecule has 8 heteroatoms. The largest absolute Gasteiger partial charge is 0.486 e. The second kappa shape index (κ2) is 7.96. The number of benzene rings is 1. The monoisotopic (exact) mass is 368 g/mol. The average Bonchev–Trinajstić information content (AvgIpc) is 3.06. The number of nitrogens with one attached hydrogen (secondary N) is 1. The zero-order chi connectivity index (χ0) is 16.9. The van der Waals surface area contributed by atoms with Crippen LogP contribution in [0.1, 0.15) is 16.9 Å². The highest BCUT2D eigenvalue weighted by Crippen LogP contribution is 2.21. The highest BCUT2D eigenvalue weighted by molar-refractivity contribution is 8.00. The lowest BCUT2D eigenvalue weighted by Crippen LogP contribution is -2.51. The van der Waals surface area contributed by atoms with Gasteiger partial charge in [-0.2, -0.15) is 0 Å². The van der Waals surface area contributed by atoms with Crippen LogP contribution in [0.15, 0.2) is 34.0 Å². The number of nitrogens with zero attached hydrogens (tertiary/aromatic N) is 1. The fourth-order valence-electron chi connectivity index (χ4n) is 2.41. The topological polar surface area (TPSA) is 60.5 Å². The van der Waals surface area contributed by atoms with Crippen LogP contribution in [-0.2, 0) is 4.74 Å². The van der Waals surface area contributed by atoms with E-state index < -0.39 is 0 Å². The molecule has 24 heavy (non-hydrogen) atoms. The van der Waals surface area contributed by atoms with Gasteiger partial charge in [0.2, 0.25) is 0 Å². The number of hydrogen-bond donors (Lipinski definition) is 1. The first kappa shape index (κ1) is 17.2. The van der Waals surface area contributed by atoms with E-state index in [-0.39, 0.29) is 23.9 Å². The van der Waals surface area contributed by atoms with Crippen molar-refractivity contribution in [3.63, 3.8) is 0 Å². The number of amides is 1. The lowest BCUT2D eigenvalue weighted by Gasteiger charge is -2.32. The number of thioether (sulfide) groups is 1. The number of hydrogen-bond acceptors (Lipinski definition) is 6. The van der Waals surface area contributed by atoms with Crippen LogP contribution >= 0.6 is 23.1 Å². The van der Waals surface area contributed by atoms with Crippen LogP contribution in [0.2, 0.25) is 0 Å². The first-order valence-corrected chi connectivity index (χ1v) is 9.56. The summed E-state index contributed by atoms with van der Waals surface area (Å²) in [5, 5.41) is 4.69. The van der Waals surface area contributed by atoms with E-state index in [4.69, 9.17) is 9.47 Å². The van der Waals surface area contributed by atoms with Crippen LogP contribution in [0.3, 0.4) is 0 Å². The van der Waals surface area contributed by atoms with Crippen molar-refractivity contribution in [3.05, 3.63) is 41.2 Å². The molecular formula is C16H17FN2O3S2. The summed E-state index contributed by atoms with van der Waals surface area (Å²) >= 11 is 2.94. The van der Waals surface area contributed by atoms with E-state index in [0.29, 0.717) is 31.1 Å². The van der Waals surface area contributed by atoms with Crippen LogP contribution in [0.4, 0.5) is 4.39 Å². The molecule has 1 saturated heterocycles. The van der Waals surface area contributed by atoms with Crippen molar-refractivity contribution >= 4 is 29.0 Å². The molecule has 1 fully saturated rings. The Bertz CT molecular complexity index is 710. The molecule has 3 rings (SSSR count). The van der Waals surface area contributed by atoms with Crippen molar-refractivity contribution in [2.45, 2.75) is 22.9 Å². The first-order chi connectivity index (χ1) is 11.7. The van der Waals surface area contributed by atoms with Crippen molar-refractivity contribution in [2.24, 2.45) is 0 Å². The maximum atomic E-state index is 13.3. The predicted molar refractivity (Wildman–Crippen MR) is 91.4 cm³/mol. The summed E-state index contributed by atoms with van der Waals surface area (Å²) < 4.78 is 25.4. The van der Waals surface area contributed by atoms with Gasteiger partial charge in [0.15, 0.2) is 0 Å². The summed E-state index contributed by atoms with van der Waals surface area (Å²) in [6, 6.07) is 5.73. The van der Waals surface area contributed by atoms with Gasteiger partial charge in [0.1, 0.15) is 27.7 Å². The van der Waals surface area contributed by atoms with Crippen molar-refractivity contribution in [1.29, 1.82) is 0 Å². The molecule has 1 aliphatic rings. The van der Waals surface area contributed by atoms with Gasteiger partial charge in [-0.3, -0.25) is 4.79 Å². The van der Waals surface area contributed by atoms with Gasteiger partial charge in [-0.05, 0) is 24.8 Å². The third kappa shape index (κ3) is 4.25. The number of rotatable bonds is 5. The molecule has 0 radical (unpaired) electrons. The molecule has 1 aromatic carbocycles. The highest BCUT2D eigenvalue weighted by Gasteiger charge is 2.30. The normalized spacial score (nSPS) is 20.6. The number of thiazole rings is 1. The Morgan fingerprint density at radius 1 is 1.54 bits per heavy atom. The highest BCUT2D eigenvalue weighted by atomic mass is 32.2. The third-order valence-electron chi connectivity index (χ3n) is 3.59. The molecular weight excluding hydrogens is 351 g/mol. The lowest BCUT2D eigenvalue weighted by molar-refractivity contribution is -0.0136. The molecule has 1 aliphatic heterocycles. The molecule has 2 atom stereocenters. The van der Waals surface area contributed by atoms with E-state index in [1.807, 2.05) is 6.26 Å². The molecule has 0 bridgehead atoms. The standard InChI is InChI=1S/C16H17FN2O3S2/c1-23-16-19-13(9-24-16)15(20)18-12-5-6-21-8-14(12)22-11-4-2-3-10(17)7-11/h2-4,7,9,12,14H,5-6,8H2,1H3,(H,18,20). The van der Waals surface area contributed by atoms with Crippen LogP contribution < -0.4 is 10.1 Å². The SMILES string of the molecule is CSc1nc(C(=O)NC2CCOCC2Oc2cccc(F)c2)cs1. The molecule has 1 aromatic heterocycles. The second-order valence-corrected chi connectivity index (χ2v) is 7.17. The van der Waals surface area contributed by atoms with E-state index >= 15 is 0 Å². The predicted octanol–water partition coefficient (Wildman–Crippen LogP) is 2.97. The smallest absolute Gasteiger partial charge is 0.271 e. The molecule has 2 heterocycles. The number of ether oxygens (including phenoxy) is 2. The minimum atomic E-state index is -0.372. The fraction of sp³-hybridized carbons (Fsp3) is 0.375. The summed E-state index contributed by atoms with van der Waals surface area (Å²) in [7, 11) is 0. The Hall–Kier alpha value is -1.64. The molecule has 0 spiro atoms. The van der Waals surface area contributed by atoms with Gasteiger partial charge in [-0.1, -0.05) is 17.8 Å². The fourth-order valence-corrected chi connectivity index (χ4v) is 3.65. The van der Waals surface area contributed by atoms with Crippen molar-refractivity contribution in [2.75, 3.05) is 19.5 Å². The summed E-state index contributed by atoms with van der Waals surface area (Å²) in [6.07, 6.45) is 2.18. The summed E-state index contributed by atoms with van der Waals surface area (Å²) in [5.74, 6) is -0.175. The number of carbonyl (C=O) groups is 1. The molecule has 128 valence electrons. The zero-order valence-corrected chi connectivity index (χ0v) is 14.7.